The van der Waals surface area contributed by atoms with Gasteiger partial charge in [0, 0.05) is 22.9 Å². The van der Waals surface area contributed by atoms with Crippen molar-refractivity contribution in [2.24, 2.45) is 10.4 Å². The minimum atomic E-state index is -0.455. The second kappa shape index (κ2) is 6.74. The molecule has 1 saturated carbocycles. The summed E-state index contributed by atoms with van der Waals surface area (Å²) in [5, 5.41) is 2.66. The molecule has 2 amide bonds. The van der Waals surface area contributed by atoms with E-state index in [1.807, 2.05) is 24.3 Å². The van der Waals surface area contributed by atoms with Crippen molar-refractivity contribution in [1.29, 1.82) is 0 Å². The van der Waals surface area contributed by atoms with E-state index < -0.39 is 6.03 Å². The molecule has 0 bridgehead atoms. The number of aliphatic imine (C=N–C) groups is 1. The van der Waals surface area contributed by atoms with Crippen molar-refractivity contribution in [3.8, 4) is 16.9 Å². The third-order valence-electron chi connectivity index (χ3n) is 5.49. The number of anilines is 1. The Morgan fingerprint density at radius 3 is 2.72 bits per heavy atom. The van der Waals surface area contributed by atoms with Gasteiger partial charge in [-0.05, 0) is 61.5 Å². The highest BCUT2D eigenvalue weighted by molar-refractivity contribution is 7.24. The van der Waals surface area contributed by atoms with Crippen molar-refractivity contribution in [2.45, 2.75) is 19.8 Å². The minimum Gasteiger partial charge on any atom is -0.493 e. The average molecular weight is 404 g/mol. The molecule has 146 valence electrons. The molecule has 2 aromatic carbocycles. The van der Waals surface area contributed by atoms with Crippen molar-refractivity contribution in [2.75, 3.05) is 11.9 Å². The number of benzene rings is 2. The first kappa shape index (κ1) is 17.9. The molecule has 0 saturated heterocycles. The maximum atomic E-state index is 11.3. The van der Waals surface area contributed by atoms with E-state index in [9.17, 15) is 4.79 Å². The van der Waals surface area contributed by atoms with Crippen LogP contribution in [0.3, 0.4) is 0 Å². The number of amides is 2. The number of thiazole rings is 1. The van der Waals surface area contributed by atoms with Gasteiger partial charge in [0.05, 0.1) is 16.8 Å². The normalized spacial score (nSPS) is 14.8. The summed E-state index contributed by atoms with van der Waals surface area (Å²) in [7, 11) is 0. The first-order valence-corrected chi connectivity index (χ1v) is 10.4. The van der Waals surface area contributed by atoms with Gasteiger partial charge in [0.25, 0.3) is 0 Å². The number of ether oxygens (including phenoxy) is 1. The quantitative estimate of drug-likeness (QED) is 0.401. The molecule has 4 aromatic rings. The van der Waals surface area contributed by atoms with Gasteiger partial charge < -0.3 is 14.5 Å². The van der Waals surface area contributed by atoms with E-state index >= 15 is 0 Å². The van der Waals surface area contributed by atoms with Crippen molar-refractivity contribution in [3.63, 3.8) is 0 Å². The Morgan fingerprint density at radius 1 is 1.21 bits per heavy atom. The molecule has 0 unspecified atom stereocenters. The molecule has 0 radical (unpaired) electrons. The summed E-state index contributed by atoms with van der Waals surface area (Å²) in [4.78, 5) is 15.8. The highest BCUT2D eigenvalue weighted by atomic mass is 32.1. The second-order valence-electron chi connectivity index (χ2n) is 7.93. The van der Waals surface area contributed by atoms with Gasteiger partial charge in [-0.15, -0.1) is 11.3 Å². The maximum absolute atomic E-state index is 11.3. The minimum absolute atomic E-state index is 0.382. The van der Waals surface area contributed by atoms with Gasteiger partial charge in [0.15, 0.2) is 0 Å². The molecule has 0 atom stereocenters. The number of nitrogens with zero attached hydrogens (tertiary/aromatic N) is 2. The number of rotatable bonds is 5. The number of fused-ring (bicyclic) bond motifs is 3. The molecule has 1 fully saturated rings. The zero-order valence-electron chi connectivity index (χ0n) is 16.1. The van der Waals surface area contributed by atoms with Gasteiger partial charge in [-0.3, -0.25) is 0 Å². The van der Waals surface area contributed by atoms with Crippen molar-refractivity contribution in [3.05, 3.63) is 54.7 Å². The van der Waals surface area contributed by atoms with E-state index in [-0.39, 0.29) is 0 Å². The van der Waals surface area contributed by atoms with Crippen LogP contribution >= 0.6 is 11.3 Å². The highest BCUT2D eigenvalue weighted by Crippen LogP contribution is 2.45. The van der Waals surface area contributed by atoms with E-state index in [2.05, 4.69) is 58.8 Å². The SMILES string of the molecule is C=NC(=O)Nc1ccc(-c2cc3sc4cc(OCC5(C)CC5)ccc4n3c2)cc1. The number of nitrogens with one attached hydrogen (secondary N) is 1. The average Bonchev–Trinajstić information content (AvgIpc) is 3.18. The Hall–Kier alpha value is -3.12. The molecule has 1 N–H and O–H groups in total. The molecule has 6 heteroatoms. The lowest BCUT2D eigenvalue weighted by Gasteiger charge is -2.10. The standard InChI is InChI=1S/C23H21N3O2S/c1-23(9-10-23)14-28-18-7-8-19-20(12-18)29-21-11-16(13-26(19)21)15-3-5-17(6-4-15)25-22(27)24-2/h3-8,11-13H,2,9-10,14H2,1H3,(H,25,27). The number of carbonyl (C=O) groups excluding carboxylic acids is 1. The molecule has 29 heavy (non-hydrogen) atoms. The fraction of sp³-hybridized carbons (Fsp3) is 0.217. The summed E-state index contributed by atoms with van der Waals surface area (Å²) >= 11 is 1.76. The summed E-state index contributed by atoms with van der Waals surface area (Å²) in [6, 6.07) is 15.8. The number of urea groups is 1. The van der Waals surface area contributed by atoms with E-state index in [0.717, 1.165) is 23.5 Å². The summed E-state index contributed by atoms with van der Waals surface area (Å²) in [5.41, 5.74) is 4.50. The van der Waals surface area contributed by atoms with Crippen LogP contribution in [0.5, 0.6) is 5.75 Å². The Kier molecular flexibility index (Phi) is 4.17. The topological polar surface area (TPSA) is 55.1 Å². The summed E-state index contributed by atoms with van der Waals surface area (Å²) in [6.07, 6.45) is 4.68. The van der Waals surface area contributed by atoms with Crippen molar-refractivity contribution in [1.82, 2.24) is 4.40 Å². The largest absolute Gasteiger partial charge is 0.493 e. The molecular formula is C23H21N3O2S. The molecule has 5 rings (SSSR count). The third-order valence-corrected chi connectivity index (χ3v) is 6.56. The van der Waals surface area contributed by atoms with Gasteiger partial charge in [0.1, 0.15) is 10.6 Å². The highest BCUT2D eigenvalue weighted by Gasteiger charge is 2.38. The molecule has 0 spiro atoms. The smallest absolute Gasteiger partial charge is 0.344 e. The summed E-state index contributed by atoms with van der Waals surface area (Å²) in [6.45, 7) is 6.30. The lowest BCUT2D eigenvalue weighted by Crippen LogP contribution is -2.08. The van der Waals surface area contributed by atoms with Gasteiger partial charge in [-0.25, -0.2) is 9.79 Å². The van der Waals surface area contributed by atoms with Crippen LogP contribution in [0.1, 0.15) is 19.8 Å². The molecule has 1 aliphatic carbocycles. The third kappa shape index (κ3) is 3.51. The van der Waals surface area contributed by atoms with E-state index in [1.54, 1.807) is 11.3 Å². The van der Waals surface area contributed by atoms with Crippen LogP contribution in [-0.4, -0.2) is 23.8 Å². The first-order valence-electron chi connectivity index (χ1n) is 9.59. The molecule has 0 aliphatic heterocycles. The number of hydrogen-bond donors (Lipinski definition) is 1. The van der Waals surface area contributed by atoms with E-state index in [4.69, 9.17) is 4.74 Å². The fourth-order valence-corrected chi connectivity index (χ4v) is 4.48. The monoisotopic (exact) mass is 403 g/mol. The molecule has 2 aromatic heterocycles. The van der Waals surface area contributed by atoms with E-state index in [0.29, 0.717) is 11.1 Å². The van der Waals surface area contributed by atoms with Gasteiger partial charge >= 0.3 is 6.03 Å². The Bertz CT molecular complexity index is 1230. The lowest BCUT2D eigenvalue weighted by atomic mass is 10.1. The zero-order valence-corrected chi connectivity index (χ0v) is 17.0. The Labute approximate surface area is 172 Å². The van der Waals surface area contributed by atoms with Crippen LogP contribution in [-0.2, 0) is 0 Å². The van der Waals surface area contributed by atoms with Crippen molar-refractivity contribution >= 4 is 44.8 Å². The van der Waals surface area contributed by atoms with Crippen LogP contribution in [0.15, 0.2) is 59.7 Å². The van der Waals surface area contributed by atoms with Gasteiger partial charge in [0.2, 0.25) is 0 Å². The van der Waals surface area contributed by atoms with Crippen LogP contribution in [0.25, 0.3) is 26.2 Å². The summed E-state index contributed by atoms with van der Waals surface area (Å²) in [5.74, 6) is 0.946. The number of aromatic nitrogens is 1. The molecule has 1 aliphatic rings. The lowest BCUT2D eigenvalue weighted by molar-refractivity contribution is 0.248. The van der Waals surface area contributed by atoms with Gasteiger partial charge in [-0.1, -0.05) is 19.1 Å². The Morgan fingerprint density at radius 2 is 2.00 bits per heavy atom. The fourth-order valence-electron chi connectivity index (χ4n) is 3.37. The molecule has 2 heterocycles. The predicted molar refractivity (Wildman–Crippen MR) is 120 cm³/mol. The molecular weight excluding hydrogens is 382 g/mol. The number of carbonyl (C=O) groups is 1. The zero-order chi connectivity index (χ0) is 20.0. The number of hydrogen-bond acceptors (Lipinski definition) is 3. The van der Waals surface area contributed by atoms with Crippen LogP contribution in [0.2, 0.25) is 0 Å². The van der Waals surface area contributed by atoms with Crippen LogP contribution in [0.4, 0.5) is 10.5 Å². The predicted octanol–water partition coefficient (Wildman–Crippen LogP) is 6.23. The van der Waals surface area contributed by atoms with Crippen LogP contribution < -0.4 is 10.1 Å². The first-order chi connectivity index (χ1) is 14.0. The van der Waals surface area contributed by atoms with E-state index in [1.165, 1.54) is 27.9 Å². The van der Waals surface area contributed by atoms with Gasteiger partial charge in [-0.2, -0.15) is 0 Å². The summed E-state index contributed by atoms with van der Waals surface area (Å²) < 4.78 is 9.45. The molecule has 5 nitrogen and oxygen atoms in total. The van der Waals surface area contributed by atoms with Crippen molar-refractivity contribution < 1.29 is 9.53 Å². The van der Waals surface area contributed by atoms with Crippen LogP contribution in [0, 0.1) is 5.41 Å². The second-order valence-corrected chi connectivity index (χ2v) is 9.00. The Balaban J connectivity index is 1.40. The maximum Gasteiger partial charge on any atom is 0.344 e.